The average Bonchev–Trinajstić information content (AvgIpc) is 3.00. The number of amides is 1. The lowest BCUT2D eigenvalue weighted by atomic mass is 10.2. The topological polar surface area (TPSA) is 97.3 Å². The van der Waals surface area contributed by atoms with E-state index < -0.39 is 11.2 Å². The summed E-state index contributed by atoms with van der Waals surface area (Å²) in [5.41, 5.74) is -0.707. The molecule has 0 radical (unpaired) electrons. The normalized spacial score (nSPS) is 23.0. The van der Waals surface area contributed by atoms with Gasteiger partial charge in [0, 0.05) is 25.3 Å². The van der Waals surface area contributed by atoms with Crippen LogP contribution in [0.15, 0.2) is 9.59 Å². The molecule has 0 N–H and O–H groups in total. The largest absolute Gasteiger partial charge is 0.372 e. The third-order valence-corrected chi connectivity index (χ3v) is 4.51. The molecule has 0 unspecified atom stereocenters. The second-order valence-electron chi connectivity index (χ2n) is 6.42. The zero-order chi connectivity index (χ0) is 17.4. The number of hydrogen-bond acceptors (Lipinski definition) is 5. The van der Waals surface area contributed by atoms with Crippen LogP contribution < -0.4 is 11.2 Å². The molecule has 0 spiro atoms. The van der Waals surface area contributed by atoms with Crippen LogP contribution in [0.2, 0.25) is 0 Å². The molecule has 1 aromatic rings. The first-order valence-electron chi connectivity index (χ1n) is 8.12. The van der Waals surface area contributed by atoms with Gasteiger partial charge in [-0.1, -0.05) is 0 Å². The molecule has 8 heteroatoms. The number of carbonyl (C=O) groups excluding carboxylic acids is 1. The number of rotatable bonds is 2. The third kappa shape index (κ3) is 2.76. The number of nitrogens with zero attached hydrogens (tertiary/aromatic N) is 4. The fourth-order valence-electron chi connectivity index (χ4n) is 3.51. The Morgan fingerprint density at radius 3 is 2.58 bits per heavy atom. The maximum absolute atomic E-state index is 12.5. The minimum atomic E-state index is -0.668. The van der Waals surface area contributed by atoms with Gasteiger partial charge in [-0.15, -0.1) is 0 Å². The van der Waals surface area contributed by atoms with E-state index in [1.807, 2.05) is 19.9 Å². The minimum absolute atomic E-state index is 0.0244. The van der Waals surface area contributed by atoms with Gasteiger partial charge < -0.3 is 9.64 Å². The number of carbonyl (C=O) groups is 1. The smallest absolute Gasteiger partial charge is 0.331 e. The number of nitriles is 1. The summed E-state index contributed by atoms with van der Waals surface area (Å²) in [5, 5.41) is 9.26. The predicted molar refractivity (Wildman–Crippen MR) is 84.6 cm³/mol. The molecule has 1 fully saturated rings. The van der Waals surface area contributed by atoms with E-state index in [4.69, 9.17) is 4.74 Å². The highest BCUT2D eigenvalue weighted by atomic mass is 16.5. The van der Waals surface area contributed by atoms with E-state index in [9.17, 15) is 19.6 Å². The number of ether oxygens (including phenoxy) is 1. The lowest BCUT2D eigenvalue weighted by Crippen LogP contribution is -2.51. The number of morpholine rings is 1. The summed E-state index contributed by atoms with van der Waals surface area (Å²) in [6.07, 6.45) is 1.08. The molecule has 2 aliphatic rings. The van der Waals surface area contributed by atoms with E-state index in [-0.39, 0.29) is 30.2 Å². The molecule has 1 aromatic heterocycles. The molecular formula is C16H20N4O4. The fraction of sp³-hybridized carbons (Fsp3) is 0.625. The number of hydrogen-bond donors (Lipinski definition) is 0. The Labute approximate surface area is 138 Å². The minimum Gasteiger partial charge on any atom is -0.372 e. The van der Waals surface area contributed by atoms with Gasteiger partial charge in [-0.25, -0.2) is 9.36 Å². The van der Waals surface area contributed by atoms with Crippen molar-refractivity contribution in [2.45, 2.75) is 52.0 Å². The SMILES string of the molecule is C[C@@H]1CN(C(=O)Cn2c(=O)c(C#N)c3n(c2=O)CCC3)C[C@@H](C)O1. The van der Waals surface area contributed by atoms with E-state index in [0.717, 1.165) is 11.0 Å². The monoisotopic (exact) mass is 332 g/mol. The zero-order valence-corrected chi connectivity index (χ0v) is 13.8. The van der Waals surface area contributed by atoms with Crippen molar-refractivity contribution in [1.29, 1.82) is 5.26 Å². The zero-order valence-electron chi connectivity index (χ0n) is 13.8. The highest BCUT2D eigenvalue weighted by Gasteiger charge is 2.28. The van der Waals surface area contributed by atoms with Crippen molar-refractivity contribution in [2.75, 3.05) is 13.1 Å². The fourth-order valence-corrected chi connectivity index (χ4v) is 3.51. The summed E-state index contributed by atoms with van der Waals surface area (Å²) in [4.78, 5) is 39.1. The molecule has 0 bridgehead atoms. The van der Waals surface area contributed by atoms with Gasteiger partial charge in [0.2, 0.25) is 5.91 Å². The van der Waals surface area contributed by atoms with Crippen molar-refractivity contribution in [3.63, 3.8) is 0 Å². The molecule has 0 aliphatic carbocycles. The first-order valence-corrected chi connectivity index (χ1v) is 8.12. The van der Waals surface area contributed by atoms with Gasteiger partial charge in [0.05, 0.1) is 12.2 Å². The Morgan fingerprint density at radius 1 is 1.29 bits per heavy atom. The first kappa shape index (κ1) is 16.5. The van der Waals surface area contributed by atoms with Crippen LogP contribution in [0.1, 0.15) is 31.5 Å². The highest BCUT2D eigenvalue weighted by molar-refractivity contribution is 5.76. The van der Waals surface area contributed by atoms with Crippen LogP contribution in [0, 0.1) is 11.3 Å². The Morgan fingerprint density at radius 2 is 1.96 bits per heavy atom. The van der Waals surface area contributed by atoms with Gasteiger partial charge in [-0.3, -0.25) is 14.2 Å². The number of aromatic nitrogens is 2. The van der Waals surface area contributed by atoms with Crippen LogP contribution in [-0.2, 0) is 29.0 Å². The Balaban J connectivity index is 1.94. The van der Waals surface area contributed by atoms with E-state index >= 15 is 0 Å². The predicted octanol–water partition coefficient (Wildman–Crippen LogP) is -0.536. The van der Waals surface area contributed by atoms with E-state index in [2.05, 4.69) is 0 Å². The van der Waals surface area contributed by atoms with Gasteiger partial charge in [-0.2, -0.15) is 5.26 Å². The molecule has 24 heavy (non-hydrogen) atoms. The molecule has 8 nitrogen and oxygen atoms in total. The van der Waals surface area contributed by atoms with Crippen LogP contribution in [0.25, 0.3) is 0 Å². The van der Waals surface area contributed by atoms with Crippen LogP contribution >= 0.6 is 0 Å². The maximum atomic E-state index is 12.5. The summed E-state index contributed by atoms with van der Waals surface area (Å²) in [6, 6.07) is 1.89. The van der Waals surface area contributed by atoms with Crippen molar-refractivity contribution in [3.8, 4) is 6.07 Å². The lowest BCUT2D eigenvalue weighted by Gasteiger charge is -2.35. The van der Waals surface area contributed by atoms with Crippen molar-refractivity contribution >= 4 is 5.91 Å². The summed E-state index contributed by atoms with van der Waals surface area (Å²) in [7, 11) is 0. The molecular weight excluding hydrogens is 312 g/mol. The summed E-state index contributed by atoms with van der Waals surface area (Å²) in [6.45, 7) is 4.74. The summed E-state index contributed by atoms with van der Waals surface area (Å²) < 4.78 is 7.92. The van der Waals surface area contributed by atoms with E-state index in [0.29, 0.717) is 31.7 Å². The summed E-state index contributed by atoms with van der Waals surface area (Å²) >= 11 is 0. The first-order chi connectivity index (χ1) is 11.4. The molecule has 2 aliphatic heterocycles. The quantitative estimate of drug-likeness (QED) is 0.725. The molecule has 2 atom stereocenters. The van der Waals surface area contributed by atoms with Gasteiger partial charge in [0.25, 0.3) is 5.56 Å². The van der Waals surface area contributed by atoms with Crippen LogP contribution in [0.5, 0.6) is 0 Å². The highest BCUT2D eigenvalue weighted by Crippen LogP contribution is 2.14. The van der Waals surface area contributed by atoms with Crippen LogP contribution in [-0.4, -0.2) is 45.2 Å². The second-order valence-corrected chi connectivity index (χ2v) is 6.42. The van der Waals surface area contributed by atoms with Gasteiger partial charge in [0.1, 0.15) is 18.2 Å². The van der Waals surface area contributed by atoms with Crippen molar-refractivity contribution in [3.05, 3.63) is 32.1 Å². The maximum Gasteiger partial charge on any atom is 0.331 e. The second kappa shape index (κ2) is 6.24. The van der Waals surface area contributed by atoms with Crippen molar-refractivity contribution in [2.24, 2.45) is 0 Å². The molecule has 0 saturated carbocycles. The van der Waals surface area contributed by atoms with E-state index in [1.54, 1.807) is 4.90 Å². The number of fused-ring (bicyclic) bond motifs is 1. The van der Waals surface area contributed by atoms with Crippen molar-refractivity contribution < 1.29 is 9.53 Å². The molecule has 3 heterocycles. The molecule has 1 saturated heterocycles. The standard InChI is InChI=1S/C16H20N4O4/c1-10-7-18(8-11(2)24-10)14(21)9-20-15(22)12(6-17)13-4-3-5-19(13)16(20)23/h10-11H,3-5,7-9H2,1-2H3/t10-,11-/m1/s1. The Bertz CT molecular complexity index is 822. The van der Waals surface area contributed by atoms with Gasteiger partial charge in [0.15, 0.2) is 0 Å². The van der Waals surface area contributed by atoms with Crippen LogP contribution in [0.4, 0.5) is 0 Å². The van der Waals surface area contributed by atoms with Gasteiger partial charge in [-0.05, 0) is 26.7 Å². The van der Waals surface area contributed by atoms with Crippen molar-refractivity contribution in [1.82, 2.24) is 14.0 Å². The Kier molecular flexibility index (Phi) is 4.28. The third-order valence-electron chi connectivity index (χ3n) is 4.51. The van der Waals surface area contributed by atoms with E-state index in [1.165, 1.54) is 4.57 Å². The Hall–Kier alpha value is -2.40. The molecule has 128 valence electrons. The molecule has 3 rings (SSSR count). The molecule has 1 amide bonds. The molecule has 0 aromatic carbocycles. The average molecular weight is 332 g/mol. The summed E-state index contributed by atoms with van der Waals surface area (Å²) in [5.74, 6) is -0.307. The lowest BCUT2D eigenvalue weighted by molar-refractivity contribution is -0.143. The van der Waals surface area contributed by atoms with Crippen LogP contribution in [0.3, 0.4) is 0 Å². The van der Waals surface area contributed by atoms with Gasteiger partial charge >= 0.3 is 5.69 Å².